The number of anilines is 2. The van der Waals surface area contributed by atoms with E-state index in [9.17, 15) is 12.8 Å². The molecule has 2 aromatic rings. The second-order valence-corrected chi connectivity index (χ2v) is 6.78. The van der Waals surface area contributed by atoms with E-state index in [0.29, 0.717) is 15.7 Å². The molecule has 0 aliphatic heterocycles. The van der Waals surface area contributed by atoms with Gasteiger partial charge in [0, 0.05) is 10.2 Å². The van der Waals surface area contributed by atoms with E-state index in [-0.39, 0.29) is 11.4 Å². The molecular formula is C13H12BrFN2O2S. The topological polar surface area (TPSA) is 72.2 Å². The van der Waals surface area contributed by atoms with Crippen LogP contribution >= 0.6 is 15.9 Å². The van der Waals surface area contributed by atoms with Gasteiger partial charge in [-0.05, 0) is 45.8 Å². The number of hydrogen-bond donors (Lipinski definition) is 2. The molecule has 0 aliphatic carbocycles. The molecule has 0 bridgehead atoms. The van der Waals surface area contributed by atoms with Crippen LogP contribution in [-0.2, 0) is 15.8 Å². The molecular weight excluding hydrogens is 347 g/mol. The Kier molecular flexibility index (Phi) is 4.29. The van der Waals surface area contributed by atoms with Crippen LogP contribution in [0, 0.1) is 5.82 Å². The van der Waals surface area contributed by atoms with E-state index in [1.54, 1.807) is 30.3 Å². The Bertz CT molecular complexity index is 697. The molecule has 0 aromatic heterocycles. The van der Waals surface area contributed by atoms with E-state index in [1.165, 1.54) is 12.1 Å². The summed E-state index contributed by atoms with van der Waals surface area (Å²) >= 11 is 3.11. The Labute approximate surface area is 125 Å². The minimum Gasteiger partial charge on any atom is -0.399 e. The number of sulfonamides is 1. The van der Waals surface area contributed by atoms with Crippen LogP contribution < -0.4 is 10.5 Å². The average molecular weight is 359 g/mol. The second kappa shape index (κ2) is 5.80. The van der Waals surface area contributed by atoms with Gasteiger partial charge < -0.3 is 5.73 Å². The van der Waals surface area contributed by atoms with Crippen molar-refractivity contribution in [2.75, 3.05) is 10.5 Å². The molecule has 2 aromatic carbocycles. The van der Waals surface area contributed by atoms with Crippen LogP contribution in [0.2, 0.25) is 0 Å². The SMILES string of the molecule is Nc1ccc(CS(=O)(=O)Nc2c(F)cccc2Br)cc1. The summed E-state index contributed by atoms with van der Waals surface area (Å²) in [5.41, 5.74) is 6.56. The smallest absolute Gasteiger partial charge is 0.237 e. The van der Waals surface area contributed by atoms with Crippen LogP contribution in [0.15, 0.2) is 46.9 Å². The summed E-state index contributed by atoms with van der Waals surface area (Å²) in [5.74, 6) is -0.895. The molecule has 3 N–H and O–H groups in total. The van der Waals surface area contributed by atoms with Gasteiger partial charge in [0.25, 0.3) is 0 Å². The molecule has 0 spiro atoms. The zero-order valence-electron chi connectivity index (χ0n) is 10.3. The van der Waals surface area contributed by atoms with Crippen molar-refractivity contribution in [3.8, 4) is 0 Å². The molecule has 0 saturated carbocycles. The van der Waals surface area contributed by atoms with Gasteiger partial charge in [-0.1, -0.05) is 18.2 Å². The number of nitrogens with one attached hydrogen (secondary N) is 1. The monoisotopic (exact) mass is 358 g/mol. The highest BCUT2D eigenvalue weighted by atomic mass is 79.9. The Balaban J connectivity index is 2.21. The molecule has 20 heavy (non-hydrogen) atoms. The third-order valence-corrected chi connectivity index (χ3v) is 4.45. The lowest BCUT2D eigenvalue weighted by Gasteiger charge is -2.10. The second-order valence-electron chi connectivity index (χ2n) is 4.20. The molecule has 7 heteroatoms. The fraction of sp³-hybridized carbons (Fsp3) is 0.0769. The zero-order valence-corrected chi connectivity index (χ0v) is 12.7. The first-order valence-corrected chi connectivity index (χ1v) is 8.11. The number of rotatable bonds is 4. The van der Waals surface area contributed by atoms with Gasteiger partial charge in [0.15, 0.2) is 0 Å². The van der Waals surface area contributed by atoms with Crippen molar-refractivity contribution in [3.63, 3.8) is 0 Å². The first-order chi connectivity index (χ1) is 9.37. The molecule has 0 amide bonds. The minimum atomic E-state index is -3.71. The quantitative estimate of drug-likeness (QED) is 0.824. The molecule has 4 nitrogen and oxygen atoms in total. The number of hydrogen-bond acceptors (Lipinski definition) is 3. The maximum absolute atomic E-state index is 13.6. The average Bonchev–Trinajstić information content (AvgIpc) is 2.37. The highest BCUT2D eigenvalue weighted by molar-refractivity contribution is 9.10. The maximum Gasteiger partial charge on any atom is 0.237 e. The zero-order chi connectivity index (χ0) is 14.8. The van der Waals surface area contributed by atoms with Crippen LogP contribution in [0.3, 0.4) is 0 Å². The summed E-state index contributed by atoms with van der Waals surface area (Å²) in [6, 6.07) is 10.7. The summed E-state index contributed by atoms with van der Waals surface area (Å²) in [6.07, 6.45) is 0. The molecule has 0 aliphatic rings. The van der Waals surface area contributed by atoms with E-state index in [1.807, 2.05) is 0 Å². The van der Waals surface area contributed by atoms with E-state index in [0.717, 1.165) is 0 Å². The highest BCUT2D eigenvalue weighted by Crippen LogP contribution is 2.26. The molecule has 0 radical (unpaired) electrons. The fourth-order valence-corrected chi connectivity index (χ4v) is 3.41. The van der Waals surface area contributed by atoms with Gasteiger partial charge in [-0.3, -0.25) is 4.72 Å². The standard InChI is InChI=1S/C13H12BrFN2O2S/c14-11-2-1-3-12(15)13(11)17-20(18,19)8-9-4-6-10(16)7-5-9/h1-7,17H,8,16H2. The van der Waals surface area contributed by atoms with Gasteiger partial charge in [0.2, 0.25) is 10.0 Å². The van der Waals surface area contributed by atoms with Crippen LogP contribution in [-0.4, -0.2) is 8.42 Å². The van der Waals surface area contributed by atoms with Gasteiger partial charge in [0.1, 0.15) is 5.82 Å². The molecule has 0 fully saturated rings. The molecule has 0 atom stereocenters. The number of nitrogens with two attached hydrogens (primary N) is 1. The van der Waals surface area contributed by atoms with Crippen molar-refractivity contribution in [1.82, 2.24) is 0 Å². The van der Waals surface area contributed by atoms with E-state index in [4.69, 9.17) is 5.73 Å². The van der Waals surface area contributed by atoms with Gasteiger partial charge >= 0.3 is 0 Å². The van der Waals surface area contributed by atoms with Crippen LogP contribution in [0.4, 0.5) is 15.8 Å². The molecule has 106 valence electrons. The molecule has 0 heterocycles. The van der Waals surface area contributed by atoms with Crippen molar-refractivity contribution in [1.29, 1.82) is 0 Å². The lowest BCUT2D eigenvalue weighted by Crippen LogP contribution is -2.16. The predicted octanol–water partition coefficient (Wildman–Crippen LogP) is 3.11. The van der Waals surface area contributed by atoms with E-state index < -0.39 is 15.8 Å². The summed E-state index contributed by atoms with van der Waals surface area (Å²) in [6.45, 7) is 0. The van der Waals surface area contributed by atoms with E-state index >= 15 is 0 Å². The summed E-state index contributed by atoms with van der Waals surface area (Å²) < 4.78 is 40.2. The lowest BCUT2D eigenvalue weighted by molar-refractivity contribution is 0.597. The third-order valence-electron chi connectivity index (χ3n) is 2.56. The number of para-hydroxylation sites is 1. The number of nitrogen functional groups attached to an aromatic ring is 1. The first-order valence-electron chi connectivity index (χ1n) is 5.66. The fourth-order valence-electron chi connectivity index (χ4n) is 1.62. The van der Waals surface area contributed by atoms with Crippen molar-refractivity contribution in [2.24, 2.45) is 0 Å². The van der Waals surface area contributed by atoms with Crippen LogP contribution in [0.25, 0.3) is 0 Å². The molecule has 0 saturated heterocycles. The minimum absolute atomic E-state index is 0.0945. The maximum atomic E-state index is 13.6. The normalized spacial score (nSPS) is 11.3. The Morgan fingerprint density at radius 2 is 1.80 bits per heavy atom. The first kappa shape index (κ1) is 14.8. The lowest BCUT2D eigenvalue weighted by atomic mass is 10.2. The Hall–Kier alpha value is -1.60. The summed E-state index contributed by atoms with van der Waals surface area (Å²) in [5, 5.41) is 0. The van der Waals surface area contributed by atoms with Crippen molar-refractivity contribution in [2.45, 2.75) is 5.75 Å². The number of benzene rings is 2. The molecule has 2 rings (SSSR count). The molecule has 0 unspecified atom stereocenters. The van der Waals surface area contributed by atoms with Gasteiger partial charge in [0.05, 0.1) is 11.4 Å². The van der Waals surface area contributed by atoms with Crippen LogP contribution in [0.5, 0.6) is 0 Å². The summed E-state index contributed by atoms with van der Waals surface area (Å²) in [7, 11) is -3.71. The predicted molar refractivity (Wildman–Crippen MR) is 81.2 cm³/mol. The largest absolute Gasteiger partial charge is 0.399 e. The number of halogens is 2. The Morgan fingerprint density at radius 3 is 2.40 bits per heavy atom. The van der Waals surface area contributed by atoms with Crippen molar-refractivity contribution in [3.05, 3.63) is 58.3 Å². The highest BCUT2D eigenvalue weighted by Gasteiger charge is 2.16. The third kappa shape index (κ3) is 3.71. The Morgan fingerprint density at radius 1 is 1.15 bits per heavy atom. The summed E-state index contributed by atoms with van der Waals surface area (Å²) in [4.78, 5) is 0. The van der Waals surface area contributed by atoms with Gasteiger partial charge in [-0.25, -0.2) is 12.8 Å². The van der Waals surface area contributed by atoms with Crippen molar-refractivity contribution >= 4 is 37.3 Å². The van der Waals surface area contributed by atoms with Gasteiger partial charge in [-0.2, -0.15) is 0 Å². The van der Waals surface area contributed by atoms with E-state index in [2.05, 4.69) is 20.7 Å². The van der Waals surface area contributed by atoms with Crippen LogP contribution in [0.1, 0.15) is 5.56 Å². The van der Waals surface area contributed by atoms with Crippen molar-refractivity contribution < 1.29 is 12.8 Å². The van der Waals surface area contributed by atoms with Gasteiger partial charge in [-0.15, -0.1) is 0 Å².